The largest absolute Gasteiger partial charge is 0.497 e. The Morgan fingerprint density at radius 2 is 1.77 bits per heavy atom. The lowest BCUT2D eigenvalue weighted by Gasteiger charge is -2.12. The number of imidazole rings is 1. The lowest BCUT2D eigenvalue weighted by molar-refractivity contribution is 0.395. The Kier molecular flexibility index (Phi) is 4.80. The summed E-state index contributed by atoms with van der Waals surface area (Å²) in [5.74, 6) is 0.888. The van der Waals surface area contributed by atoms with Crippen LogP contribution >= 0.6 is 11.3 Å². The van der Waals surface area contributed by atoms with E-state index in [2.05, 4.69) is 14.8 Å². The van der Waals surface area contributed by atoms with Crippen molar-refractivity contribution in [1.29, 1.82) is 0 Å². The number of aryl methyl sites for hydroxylation is 1. The minimum Gasteiger partial charge on any atom is -0.497 e. The van der Waals surface area contributed by atoms with Gasteiger partial charge in [-0.1, -0.05) is 25.2 Å². The predicted molar refractivity (Wildman–Crippen MR) is 100 cm³/mol. The zero-order chi connectivity index (χ0) is 19.1. The highest BCUT2D eigenvalue weighted by Gasteiger charge is 2.29. The number of fused-ring (bicyclic) bond motifs is 1. The molecule has 3 aromatic rings. The molecule has 8 nitrogen and oxygen atoms in total. The lowest BCUT2D eigenvalue weighted by atomic mass is 10.2. The maximum absolute atomic E-state index is 13.1. The first-order chi connectivity index (χ1) is 12.2. The maximum atomic E-state index is 13.1. The zero-order valence-electron chi connectivity index (χ0n) is 15.1. The Balaban J connectivity index is 2.11. The van der Waals surface area contributed by atoms with E-state index in [1.165, 1.54) is 30.1 Å². The van der Waals surface area contributed by atoms with Crippen molar-refractivity contribution in [2.75, 3.05) is 18.9 Å². The molecule has 10 heteroatoms. The van der Waals surface area contributed by atoms with E-state index in [4.69, 9.17) is 9.47 Å². The molecular weight excluding hydrogens is 376 g/mol. The first-order valence-corrected chi connectivity index (χ1v) is 10.2. The molecule has 0 fully saturated rings. The number of aromatic nitrogens is 3. The number of hydrogen-bond acceptors (Lipinski definition) is 7. The molecule has 1 aromatic carbocycles. The molecule has 0 aliphatic carbocycles. The van der Waals surface area contributed by atoms with Crippen molar-refractivity contribution >= 4 is 32.0 Å². The minimum absolute atomic E-state index is 0.0497. The maximum Gasteiger partial charge on any atom is 0.281 e. The van der Waals surface area contributed by atoms with E-state index in [-0.39, 0.29) is 10.9 Å². The molecule has 0 bridgehead atoms. The fourth-order valence-corrected chi connectivity index (χ4v) is 4.78. The Labute approximate surface area is 155 Å². The summed E-state index contributed by atoms with van der Waals surface area (Å²) < 4.78 is 40.6. The Morgan fingerprint density at radius 1 is 1.15 bits per heavy atom. The number of benzene rings is 1. The molecule has 140 valence electrons. The van der Waals surface area contributed by atoms with Crippen LogP contribution in [0.25, 0.3) is 4.96 Å². The zero-order valence-corrected chi connectivity index (χ0v) is 16.7. The topological polar surface area (TPSA) is 94.8 Å². The van der Waals surface area contributed by atoms with Gasteiger partial charge >= 0.3 is 0 Å². The van der Waals surface area contributed by atoms with Gasteiger partial charge in [0, 0.05) is 18.2 Å². The molecule has 0 unspecified atom stereocenters. The van der Waals surface area contributed by atoms with Crippen LogP contribution in [0, 0.1) is 6.92 Å². The van der Waals surface area contributed by atoms with E-state index in [1.54, 1.807) is 18.2 Å². The molecule has 0 amide bonds. The van der Waals surface area contributed by atoms with Gasteiger partial charge in [0.05, 0.1) is 25.6 Å². The number of hydrogen-bond donors (Lipinski definition) is 1. The van der Waals surface area contributed by atoms with Gasteiger partial charge in [-0.15, -0.1) is 0 Å². The summed E-state index contributed by atoms with van der Waals surface area (Å²) in [5, 5.41) is 5.08. The Bertz CT molecular complexity index is 1030. The third-order valence-corrected chi connectivity index (χ3v) is 5.91. The van der Waals surface area contributed by atoms with Crippen LogP contribution in [0.2, 0.25) is 0 Å². The molecule has 2 aromatic heterocycles. The molecule has 1 N–H and O–H groups in total. The van der Waals surface area contributed by atoms with E-state index in [0.29, 0.717) is 27.8 Å². The number of rotatable bonds is 6. The summed E-state index contributed by atoms with van der Waals surface area (Å²) in [4.78, 5) is 5.01. The van der Waals surface area contributed by atoms with Crippen molar-refractivity contribution in [2.24, 2.45) is 0 Å². The van der Waals surface area contributed by atoms with Gasteiger partial charge in [-0.05, 0) is 12.8 Å². The second kappa shape index (κ2) is 6.76. The quantitative estimate of drug-likeness (QED) is 0.688. The molecule has 0 atom stereocenters. The van der Waals surface area contributed by atoms with Crippen molar-refractivity contribution < 1.29 is 17.9 Å². The van der Waals surface area contributed by atoms with Crippen molar-refractivity contribution in [3.63, 3.8) is 0 Å². The Hall–Kier alpha value is -2.33. The van der Waals surface area contributed by atoms with Crippen molar-refractivity contribution in [1.82, 2.24) is 14.6 Å². The van der Waals surface area contributed by atoms with Gasteiger partial charge in [0.15, 0.2) is 0 Å². The summed E-state index contributed by atoms with van der Waals surface area (Å²) in [7, 11) is -0.920. The van der Waals surface area contributed by atoms with Gasteiger partial charge in [0.1, 0.15) is 16.5 Å². The fraction of sp³-hybridized carbons (Fsp3) is 0.375. The third kappa shape index (κ3) is 3.34. The number of ether oxygens (including phenoxy) is 2. The first kappa shape index (κ1) is 18.5. The van der Waals surface area contributed by atoms with Crippen LogP contribution < -0.4 is 14.2 Å². The van der Waals surface area contributed by atoms with Gasteiger partial charge in [0.2, 0.25) is 9.99 Å². The molecule has 0 saturated heterocycles. The van der Waals surface area contributed by atoms with E-state index < -0.39 is 10.0 Å². The molecular formula is C16H20N4O4S2. The van der Waals surface area contributed by atoms with Crippen LogP contribution in [0.5, 0.6) is 11.5 Å². The molecule has 0 saturated carbocycles. The summed E-state index contributed by atoms with van der Waals surface area (Å²) in [6, 6.07) is 4.83. The molecule has 0 aliphatic heterocycles. The normalized spacial score (nSPS) is 11.9. The van der Waals surface area contributed by atoms with Crippen LogP contribution in [0.1, 0.15) is 30.5 Å². The number of sulfonamides is 1. The summed E-state index contributed by atoms with van der Waals surface area (Å²) in [6.07, 6.45) is 0. The molecule has 0 aliphatic rings. The lowest BCUT2D eigenvalue weighted by Crippen LogP contribution is -2.18. The average Bonchev–Trinajstić information content (AvgIpc) is 3.09. The standard InChI is InChI=1S/C16H20N4O4S2/c1-9(2)14-15(20-16(17-14)25-10(3)18-20)26(21,22)19-11-6-12(23-4)8-13(7-11)24-5/h6-9,19H,1-5H3. The highest BCUT2D eigenvalue weighted by molar-refractivity contribution is 7.92. The van der Waals surface area contributed by atoms with Crippen molar-refractivity contribution in [3.05, 3.63) is 28.9 Å². The van der Waals surface area contributed by atoms with Crippen molar-refractivity contribution in [2.45, 2.75) is 31.7 Å². The van der Waals surface area contributed by atoms with Gasteiger partial charge in [-0.3, -0.25) is 4.72 Å². The number of nitrogens with zero attached hydrogens (tertiary/aromatic N) is 3. The van der Waals surface area contributed by atoms with E-state index in [9.17, 15) is 8.42 Å². The first-order valence-electron chi connectivity index (χ1n) is 7.87. The van der Waals surface area contributed by atoms with Crippen LogP contribution in [0.3, 0.4) is 0 Å². The smallest absolute Gasteiger partial charge is 0.281 e. The van der Waals surface area contributed by atoms with Gasteiger partial charge in [-0.25, -0.2) is 4.98 Å². The monoisotopic (exact) mass is 396 g/mol. The van der Waals surface area contributed by atoms with Crippen LogP contribution in [0.15, 0.2) is 23.2 Å². The fourth-order valence-electron chi connectivity index (χ4n) is 2.54. The van der Waals surface area contributed by atoms with E-state index in [0.717, 1.165) is 5.01 Å². The van der Waals surface area contributed by atoms with E-state index >= 15 is 0 Å². The van der Waals surface area contributed by atoms with Crippen LogP contribution in [-0.4, -0.2) is 37.2 Å². The number of anilines is 1. The van der Waals surface area contributed by atoms with Crippen LogP contribution in [-0.2, 0) is 10.0 Å². The number of nitrogens with one attached hydrogen (secondary N) is 1. The molecule has 3 rings (SSSR count). The second-order valence-electron chi connectivity index (χ2n) is 5.98. The summed E-state index contributed by atoms with van der Waals surface area (Å²) >= 11 is 1.35. The number of methoxy groups -OCH3 is 2. The van der Waals surface area contributed by atoms with Crippen LogP contribution in [0.4, 0.5) is 5.69 Å². The SMILES string of the molecule is COc1cc(NS(=O)(=O)c2c(C(C)C)nc3sc(C)nn23)cc(OC)c1. The Morgan fingerprint density at radius 3 is 2.31 bits per heavy atom. The molecule has 2 heterocycles. The van der Waals surface area contributed by atoms with Gasteiger partial charge in [-0.2, -0.15) is 18.0 Å². The van der Waals surface area contributed by atoms with Crippen molar-refractivity contribution in [3.8, 4) is 11.5 Å². The summed E-state index contributed by atoms with van der Waals surface area (Å²) in [5.41, 5.74) is 0.809. The van der Waals surface area contributed by atoms with Gasteiger partial charge < -0.3 is 9.47 Å². The predicted octanol–water partition coefficient (Wildman–Crippen LogP) is 3.04. The second-order valence-corrected chi connectivity index (χ2v) is 8.74. The average molecular weight is 396 g/mol. The van der Waals surface area contributed by atoms with Gasteiger partial charge in [0.25, 0.3) is 10.0 Å². The summed E-state index contributed by atoms with van der Waals surface area (Å²) in [6.45, 7) is 5.60. The molecule has 0 spiro atoms. The molecule has 0 radical (unpaired) electrons. The highest BCUT2D eigenvalue weighted by Crippen LogP contribution is 2.31. The highest BCUT2D eigenvalue weighted by atomic mass is 32.2. The van der Waals surface area contributed by atoms with E-state index in [1.807, 2.05) is 20.8 Å². The third-order valence-electron chi connectivity index (χ3n) is 3.69. The molecule has 26 heavy (non-hydrogen) atoms. The minimum atomic E-state index is -3.93.